The summed E-state index contributed by atoms with van der Waals surface area (Å²) in [6.45, 7) is 0. The third-order valence-corrected chi connectivity index (χ3v) is 2.08. The number of halogens is 2. The number of pyridine rings is 1. The van der Waals surface area contributed by atoms with Crippen LogP contribution in [0, 0.1) is 0 Å². The molecule has 0 aliphatic heterocycles. The maximum atomic E-state index is 10.8. The van der Waals surface area contributed by atoms with E-state index < -0.39 is 0 Å². The SMILES string of the molecule is O=c1cc[nH]c(CBr)c1Cl. The van der Waals surface area contributed by atoms with E-state index in [4.69, 9.17) is 11.6 Å². The van der Waals surface area contributed by atoms with E-state index in [-0.39, 0.29) is 10.5 Å². The number of aromatic amines is 1. The molecule has 1 aromatic heterocycles. The zero-order chi connectivity index (χ0) is 7.56. The number of hydrogen-bond acceptors (Lipinski definition) is 1. The van der Waals surface area contributed by atoms with Crippen LogP contribution in [-0.2, 0) is 5.33 Å². The summed E-state index contributed by atoms with van der Waals surface area (Å²) in [6.07, 6.45) is 1.57. The van der Waals surface area contributed by atoms with Gasteiger partial charge in [0.25, 0.3) is 0 Å². The molecular weight excluding hydrogens is 217 g/mol. The van der Waals surface area contributed by atoms with Gasteiger partial charge in [0.2, 0.25) is 0 Å². The molecule has 1 rings (SSSR count). The van der Waals surface area contributed by atoms with Gasteiger partial charge in [-0.2, -0.15) is 0 Å². The second-order valence-electron chi connectivity index (χ2n) is 1.77. The first-order chi connectivity index (χ1) is 4.75. The molecule has 0 saturated heterocycles. The molecule has 0 radical (unpaired) electrons. The summed E-state index contributed by atoms with van der Waals surface area (Å²) < 4.78 is 0. The van der Waals surface area contributed by atoms with Crippen molar-refractivity contribution in [2.75, 3.05) is 0 Å². The normalized spacial score (nSPS) is 9.80. The molecule has 0 spiro atoms. The zero-order valence-electron chi connectivity index (χ0n) is 5.03. The molecule has 0 atom stereocenters. The molecule has 0 bridgehead atoms. The van der Waals surface area contributed by atoms with Gasteiger partial charge in [-0.15, -0.1) is 0 Å². The van der Waals surface area contributed by atoms with E-state index in [9.17, 15) is 4.79 Å². The Balaban J connectivity index is 3.28. The third kappa shape index (κ3) is 1.41. The first-order valence-electron chi connectivity index (χ1n) is 2.67. The summed E-state index contributed by atoms with van der Waals surface area (Å²) in [5.74, 6) is 0. The fourth-order valence-electron chi connectivity index (χ4n) is 0.600. The van der Waals surface area contributed by atoms with Crippen LogP contribution < -0.4 is 5.43 Å². The predicted octanol–water partition coefficient (Wildman–Crippen LogP) is 1.92. The lowest BCUT2D eigenvalue weighted by Crippen LogP contribution is -2.03. The molecule has 54 valence electrons. The molecule has 0 fully saturated rings. The Labute approximate surface area is 71.3 Å². The van der Waals surface area contributed by atoms with Crippen molar-refractivity contribution in [3.8, 4) is 0 Å². The topological polar surface area (TPSA) is 32.9 Å². The van der Waals surface area contributed by atoms with Crippen molar-refractivity contribution in [2.24, 2.45) is 0 Å². The molecule has 0 aliphatic rings. The Morgan fingerprint density at radius 2 is 2.40 bits per heavy atom. The minimum atomic E-state index is -0.144. The molecular formula is C6H5BrClNO. The molecule has 1 N–H and O–H groups in total. The predicted molar refractivity (Wildman–Crippen MR) is 44.7 cm³/mol. The largest absolute Gasteiger partial charge is 0.363 e. The van der Waals surface area contributed by atoms with E-state index in [1.54, 1.807) is 6.20 Å². The molecule has 0 amide bonds. The summed E-state index contributed by atoms with van der Waals surface area (Å²) in [4.78, 5) is 13.7. The van der Waals surface area contributed by atoms with Crippen LogP contribution in [0.15, 0.2) is 17.1 Å². The zero-order valence-corrected chi connectivity index (χ0v) is 7.37. The Morgan fingerprint density at radius 1 is 1.70 bits per heavy atom. The van der Waals surface area contributed by atoms with Gasteiger partial charge >= 0.3 is 0 Å². The molecule has 1 heterocycles. The minimum absolute atomic E-state index is 0.144. The number of nitrogens with one attached hydrogen (secondary N) is 1. The van der Waals surface area contributed by atoms with Crippen molar-refractivity contribution in [1.29, 1.82) is 0 Å². The number of rotatable bonds is 1. The van der Waals surface area contributed by atoms with Crippen LogP contribution in [-0.4, -0.2) is 4.98 Å². The van der Waals surface area contributed by atoms with E-state index >= 15 is 0 Å². The monoisotopic (exact) mass is 221 g/mol. The van der Waals surface area contributed by atoms with E-state index in [1.165, 1.54) is 6.07 Å². The van der Waals surface area contributed by atoms with Crippen LogP contribution in [0.5, 0.6) is 0 Å². The highest BCUT2D eigenvalue weighted by Gasteiger charge is 2.00. The van der Waals surface area contributed by atoms with Crippen LogP contribution in [0.3, 0.4) is 0 Å². The molecule has 1 aromatic rings. The lowest BCUT2D eigenvalue weighted by atomic mass is 10.4. The van der Waals surface area contributed by atoms with Gasteiger partial charge < -0.3 is 4.98 Å². The average molecular weight is 222 g/mol. The highest BCUT2D eigenvalue weighted by atomic mass is 79.9. The molecule has 0 aromatic carbocycles. The van der Waals surface area contributed by atoms with Crippen LogP contribution in [0.2, 0.25) is 5.02 Å². The van der Waals surface area contributed by atoms with Crippen LogP contribution in [0.4, 0.5) is 0 Å². The van der Waals surface area contributed by atoms with Gasteiger partial charge in [0, 0.05) is 23.3 Å². The van der Waals surface area contributed by atoms with Gasteiger partial charge in [-0.3, -0.25) is 4.79 Å². The van der Waals surface area contributed by atoms with Crippen molar-refractivity contribution in [2.45, 2.75) is 5.33 Å². The lowest BCUT2D eigenvalue weighted by molar-refractivity contribution is 1.17. The van der Waals surface area contributed by atoms with E-state index in [0.29, 0.717) is 11.0 Å². The first kappa shape index (κ1) is 7.82. The summed E-state index contributed by atoms with van der Waals surface area (Å²) in [5, 5.41) is 0.835. The molecule has 0 saturated carbocycles. The van der Waals surface area contributed by atoms with Crippen molar-refractivity contribution in [1.82, 2.24) is 4.98 Å². The highest BCUT2D eigenvalue weighted by Crippen LogP contribution is 2.09. The Bertz CT molecular complexity index is 283. The van der Waals surface area contributed by atoms with Crippen molar-refractivity contribution >= 4 is 27.5 Å². The summed E-state index contributed by atoms with van der Waals surface area (Å²) in [6, 6.07) is 1.40. The molecule has 0 aliphatic carbocycles. The van der Waals surface area contributed by atoms with Crippen LogP contribution in [0.1, 0.15) is 5.69 Å². The Morgan fingerprint density at radius 3 is 2.90 bits per heavy atom. The number of hydrogen-bond donors (Lipinski definition) is 1. The summed E-state index contributed by atoms with van der Waals surface area (Å²) >= 11 is 8.81. The maximum Gasteiger partial charge on any atom is 0.200 e. The van der Waals surface area contributed by atoms with Gasteiger partial charge in [0.1, 0.15) is 5.02 Å². The summed E-state index contributed by atoms with van der Waals surface area (Å²) in [5.41, 5.74) is 0.573. The van der Waals surface area contributed by atoms with E-state index in [1.807, 2.05) is 0 Å². The van der Waals surface area contributed by atoms with Crippen LogP contribution in [0.25, 0.3) is 0 Å². The first-order valence-corrected chi connectivity index (χ1v) is 4.17. The van der Waals surface area contributed by atoms with Gasteiger partial charge in [-0.1, -0.05) is 27.5 Å². The minimum Gasteiger partial charge on any atom is -0.363 e. The second kappa shape index (κ2) is 3.21. The molecule has 2 nitrogen and oxygen atoms in total. The van der Waals surface area contributed by atoms with Gasteiger partial charge in [0.05, 0.1) is 0 Å². The number of alkyl halides is 1. The molecule has 0 unspecified atom stereocenters. The van der Waals surface area contributed by atoms with Crippen molar-refractivity contribution in [3.63, 3.8) is 0 Å². The Kier molecular flexibility index (Phi) is 2.51. The van der Waals surface area contributed by atoms with Crippen molar-refractivity contribution < 1.29 is 0 Å². The molecule has 10 heavy (non-hydrogen) atoms. The highest BCUT2D eigenvalue weighted by molar-refractivity contribution is 9.08. The van der Waals surface area contributed by atoms with Gasteiger partial charge in [0.15, 0.2) is 5.43 Å². The quantitative estimate of drug-likeness (QED) is 0.724. The fraction of sp³-hybridized carbons (Fsp3) is 0.167. The second-order valence-corrected chi connectivity index (χ2v) is 2.71. The standard InChI is InChI=1S/C6H5BrClNO/c7-3-4-6(8)5(10)1-2-9-4/h1-2H,3H2,(H,9,10). The summed E-state index contributed by atoms with van der Waals surface area (Å²) in [7, 11) is 0. The lowest BCUT2D eigenvalue weighted by Gasteiger charge is -1.95. The van der Waals surface area contributed by atoms with Crippen molar-refractivity contribution in [3.05, 3.63) is 33.2 Å². The fourth-order valence-corrected chi connectivity index (χ4v) is 1.39. The van der Waals surface area contributed by atoms with E-state index in [0.717, 1.165) is 0 Å². The Hall–Kier alpha value is -0.280. The third-order valence-electron chi connectivity index (χ3n) is 1.11. The number of aromatic nitrogens is 1. The van der Waals surface area contributed by atoms with Crippen LogP contribution >= 0.6 is 27.5 Å². The average Bonchev–Trinajstić information content (AvgIpc) is 1.95. The molecule has 4 heteroatoms. The number of H-pyrrole nitrogens is 1. The van der Waals surface area contributed by atoms with Gasteiger partial charge in [-0.25, -0.2) is 0 Å². The maximum absolute atomic E-state index is 10.8. The van der Waals surface area contributed by atoms with Gasteiger partial charge in [-0.05, 0) is 0 Å². The van der Waals surface area contributed by atoms with E-state index in [2.05, 4.69) is 20.9 Å². The smallest absolute Gasteiger partial charge is 0.200 e.